The van der Waals surface area contributed by atoms with E-state index in [0.717, 1.165) is 50.6 Å². The first-order chi connectivity index (χ1) is 8.38. The van der Waals surface area contributed by atoms with Crippen molar-refractivity contribution in [1.82, 2.24) is 20.1 Å². The molecule has 94 valence electrons. The minimum absolute atomic E-state index is 0.360. The number of aromatic nitrogens is 3. The Hall–Kier alpha value is -0.940. The molecule has 3 heterocycles. The standard InChI is InChI=1S/C12H20N4O/c1-2-10-12-15-14-11(16(12)6-5-13-10)8-9-4-3-7-17-9/h9-10,13H,2-8H2,1H3. The molecular formula is C12H20N4O. The van der Waals surface area contributed by atoms with E-state index in [1.165, 1.54) is 6.42 Å². The fraction of sp³-hybridized carbons (Fsp3) is 0.833. The largest absolute Gasteiger partial charge is 0.378 e. The summed E-state index contributed by atoms with van der Waals surface area (Å²) in [5.74, 6) is 2.21. The number of nitrogens with zero attached hydrogens (tertiary/aromatic N) is 3. The molecule has 1 aromatic rings. The first-order valence-electron chi connectivity index (χ1n) is 6.65. The molecule has 1 fully saturated rings. The van der Waals surface area contributed by atoms with Crippen LogP contribution in [-0.2, 0) is 17.7 Å². The normalized spacial score (nSPS) is 28.3. The molecule has 0 spiro atoms. The molecule has 2 atom stereocenters. The van der Waals surface area contributed by atoms with Gasteiger partial charge in [0.2, 0.25) is 0 Å². The Kier molecular flexibility index (Phi) is 3.11. The second-order valence-corrected chi connectivity index (χ2v) is 4.88. The Morgan fingerprint density at radius 2 is 2.41 bits per heavy atom. The lowest BCUT2D eigenvalue weighted by Gasteiger charge is -2.24. The van der Waals surface area contributed by atoms with Gasteiger partial charge in [0.1, 0.15) is 11.6 Å². The third kappa shape index (κ3) is 2.09. The molecule has 0 amide bonds. The van der Waals surface area contributed by atoms with Crippen molar-refractivity contribution in [1.29, 1.82) is 0 Å². The average Bonchev–Trinajstić information content (AvgIpc) is 2.99. The molecule has 0 aromatic carbocycles. The van der Waals surface area contributed by atoms with Crippen molar-refractivity contribution in [2.24, 2.45) is 0 Å². The highest BCUT2D eigenvalue weighted by atomic mass is 16.5. The average molecular weight is 236 g/mol. The molecule has 5 heteroatoms. The van der Waals surface area contributed by atoms with E-state index < -0.39 is 0 Å². The quantitative estimate of drug-likeness (QED) is 0.852. The van der Waals surface area contributed by atoms with Crippen molar-refractivity contribution < 1.29 is 4.74 Å². The molecule has 5 nitrogen and oxygen atoms in total. The van der Waals surface area contributed by atoms with Gasteiger partial charge in [-0.3, -0.25) is 0 Å². The van der Waals surface area contributed by atoms with Crippen LogP contribution in [0, 0.1) is 0 Å². The molecule has 0 aliphatic carbocycles. The van der Waals surface area contributed by atoms with Gasteiger partial charge in [0.15, 0.2) is 0 Å². The number of ether oxygens (including phenoxy) is 1. The van der Waals surface area contributed by atoms with Crippen molar-refractivity contribution in [2.45, 2.75) is 51.3 Å². The summed E-state index contributed by atoms with van der Waals surface area (Å²) >= 11 is 0. The minimum Gasteiger partial charge on any atom is -0.378 e. The third-order valence-corrected chi connectivity index (χ3v) is 3.74. The monoisotopic (exact) mass is 236 g/mol. The Balaban J connectivity index is 1.79. The Labute approximate surface area is 102 Å². The maximum Gasteiger partial charge on any atom is 0.150 e. The molecule has 1 saturated heterocycles. The SMILES string of the molecule is CCC1NCCn2c(CC3CCCO3)nnc21. The summed E-state index contributed by atoms with van der Waals surface area (Å²) in [6.45, 7) is 5.09. The van der Waals surface area contributed by atoms with Crippen LogP contribution in [0.2, 0.25) is 0 Å². The van der Waals surface area contributed by atoms with Crippen LogP contribution in [-0.4, -0.2) is 34.0 Å². The van der Waals surface area contributed by atoms with Crippen LogP contribution < -0.4 is 5.32 Å². The van der Waals surface area contributed by atoms with Crippen molar-refractivity contribution in [3.8, 4) is 0 Å². The summed E-state index contributed by atoms with van der Waals surface area (Å²) in [6.07, 6.45) is 4.70. The predicted molar refractivity (Wildman–Crippen MR) is 63.7 cm³/mol. The molecule has 2 unspecified atom stereocenters. The van der Waals surface area contributed by atoms with Gasteiger partial charge in [0.05, 0.1) is 12.1 Å². The van der Waals surface area contributed by atoms with E-state index in [9.17, 15) is 0 Å². The van der Waals surface area contributed by atoms with Gasteiger partial charge < -0.3 is 14.6 Å². The van der Waals surface area contributed by atoms with Gasteiger partial charge in [-0.15, -0.1) is 10.2 Å². The van der Waals surface area contributed by atoms with E-state index in [1.54, 1.807) is 0 Å². The number of rotatable bonds is 3. The fourth-order valence-corrected chi connectivity index (χ4v) is 2.78. The molecule has 2 aliphatic rings. The first kappa shape index (κ1) is 11.2. The summed E-state index contributed by atoms with van der Waals surface area (Å²) in [5, 5.41) is 12.2. The lowest BCUT2D eigenvalue weighted by molar-refractivity contribution is 0.109. The predicted octanol–water partition coefficient (Wildman–Crippen LogP) is 1.05. The number of nitrogens with one attached hydrogen (secondary N) is 1. The van der Waals surface area contributed by atoms with E-state index in [2.05, 4.69) is 27.0 Å². The number of hydrogen-bond acceptors (Lipinski definition) is 4. The highest BCUT2D eigenvalue weighted by Crippen LogP contribution is 2.22. The summed E-state index contributed by atoms with van der Waals surface area (Å²) in [7, 11) is 0. The topological polar surface area (TPSA) is 52.0 Å². The molecule has 1 aromatic heterocycles. The van der Waals surface area contributed by atoms with Crippen molar-refractivity contribution in [2.75, 3.05) is 13.2 Å². The summed E-state index contributed by atoms with van der Waals surface area (Å²) in [5.41, 5.74) is 0. The zero-order valence-electron chi connectivity index (χ0n) is 10.4. The molecule has 0 bridgehead atoms. The van der Waals surface area contributed by atoms with Crippen LogP contribution in [0.5, 0.6) is 0 Å². The number of fused-ring (bicyclic) bond motifs is 1. The van der Waals surface area contributed by atoms with Crippen molar-refractivity contribution >= 4 is 0 Å². The maximum atomic E-state index is 5.67. The summed E-state index contributed by atoms with van der Waals surface area (Å²) in [4.78, 5) is 0. The Bertz CT molecular complexity index is 384. The van der Waals surface area contributed by atoms with Crippen molar-refractivity contribution in [3.05, 3.63) is 11.6 Å². The van der Waals surface area contributed by atoms with Gasteiger partial charge in [0.25, 0.3) is 0 Å². The highest BCUT2D eigenvalue weighted by molar-refractivity contribution is 5.05. The van der Waals surface area contributed by atoms with Gasteiger partial charge in [0, 0.05) is 26.1 Å². The summed E-state index contributed by atoms with van der Waals surface area (Å²) in [6, 6.07) is 0.370. The van der Waals surface area contributed by atoms with Crippen LogP contribution in [0.4, 0.5) is 0 Å². The lowest BCUT2D eigenvalue weighted by Crippen LogP contribution is -2.34. The molecule has 0 saturated carbocycles. The first-order valence-corrected chi connectivity index (χ1v) is 6.65. The highest BCUT2D eigenvalue weighted by Gasteiger charge is 2.25. The molecule has 1 N–H and O–H groups in total. The second kappa shape index (κ2) is 4.74. The Morgan fingerprint density at radius 1 is 1.47 bits per heavy atom. The van der Waals surface area contributed by atoms with Crippen molar-refractivity contribution in [3.63, 3.8) is 0 Å². The zero-order valence-corrected chi connectivity index (χ0v) is 10.4. The van der Waals surface area contributed by atoms with Crippen LogP contribution in [0.15, 0.2) is 0 Å². The van der Waals surface area contributed by atoms with Crippen LogP contribution in [0.1, 0.15) is 43.9 Å². The van der Waals surface area contributed by atoms with Gasteiger partial charge in [-0.2, -0.15) is 0 Å². The van der Waals surface area contributed by atoms with Gasteiger partial charge in [-0.25, -0.2) is 0 Å². The van der Waals surface area contributed by atoms with Crippen LogP contribution in [0.25, 0.3) is 0 Å². The number of hydrogen-bond donors (Lipinski definition) is 1. The molecule has 17 heavy (non-hydrogen) atoms. The van der Waals surface area contributed by atoms with E-state index in [0.29, 0.717) is 12.1 Å². The zero-order chi connectivity index (χ0) is 11.7. The molecule has 0 radical (unpaired) electrons. The second-order valence-electron chi connectivity index (χ2n) is 4.88. The van der Waals surface area contributed by atoms with E-state index in [-0.39, 0.29) is 0 Å². The van der Waals surface area contributed by atoms with E-state index in [4.69, 9.17) is 4.74 Å². The molecule has 3 rings (SSSR count). The van der Waals surface area contributed by atoms with Crippen LogP contribution in [0.3, 0.4) is 0 Å². The minimum atomic E-state index is 0.360. The van der Waals surface area contributed by atoms with Gasteiger partial charge in [-0.1, -0.05) is 6.92 Å². The van der Waals surface area contributed by atoms with Gasteiger partial charge in [-0.05, 0) is 19.3 Å². The Morgan fingerprint density at radius 3 is 3.18 bits per heavy atom. The lowest BCUT2D eigenvalue weighted by atomic mass is 10.1. The fourth-order valence-electron chi connectivity index (χ4n) is 2.78. The van der Waals surface area contributed by atoms with Crippen LogP contribution >= 0.6 is 0 Å². The third-order valence-electron chi connectivity index (χ3n) is 3.74. The summed E-state index contributed by atoms with van der Waals surface area (Å²) < 4.78 is 7.96. The van der Waals surface area contributed by atoms with E-state index in [1.807, 2.05) is 0 Å². The van der Waals surface area contributed by atoms with Gasteiger partial charge >= 0.3 is 0 Å². The maximum absolute atomic E-state index is 5.67. The molecule has 2 aliphatic heterocycles. The molecular weight excluding hydrogens is 216 g/mol. The smallest absolute Gasteiger partial charge is 0.150 e. The van der Waals surface area contributed by atoms with E-state index >= 15 is 0 Å².